The van der Waals surface area contributed by atoms with Crippen LogP contribution in [0.2, 0.25) is 0 Å². The van der Waals surface area contributed by atoms with Crippen molar-refractivity contribution in [2.24, 2.45) is 0 Å². The maximum absolute atomic E-state index is 9.45. The molecule has 0 saturated carbocycles. The minimum absolute atomic E-state index is 0.253. The molecule has 0 fully saturated rings. The first kappa shape index (κ1) is 8.13. The summed E-state index contributed by atoms with van der Waals surface area (Å²) >= 11 is 0. The Kier molecular flexibility index (Phi) is 1.94. The Morgan fingerprint density at radius 3 is 2.92 bits per heavy atom. The summed E-state index contributed by atoms with van der Waals surface area (Å²) in [6.07, 6.45) is 0.826. The summed E-state index contributed by atoms with van der Waals surface area (Å²) in [7, 11) is 0. The fourth-order valence-electron chi connectivity index (χ4n) is 1.23. The van der Waals surface area contributed by atoms with Gasteiger partial charge in [-0.1, -0.05) is 12.1 Å². The molecule has 1 heterocycles. The number of rotatable bonds is 2. The number of fused-ring (bicyclic) bond motifs is 1. The van der Waals surface area contributed by atoms with Crippen molar-refractivity contribution in [2.75, 3.05) is 6.79 Å². The molecule has 3 heteroatoms. The molecule has 0 amide bonds. The quantitative estimate of drug-likeness (QED) is 0.699. The topological polar surface area (TPSA) is 38.7 Å². The maximum atomic E-state index is 9.45. The number of aliphatic hydroxyl groups is 1. The van der Waals surface area contributed by atoms with Gasteiger partial charge in [-0.05, 0) is 17.7 Å². The highest BCUT2D eigenvalue weighted by molar-refractivity contribution is 5.45. The highest BCUT2D eigenvalue weighted by Gasteiger charge is 2.14. The van der Waals surface area contributed by atoms with E-state index in [0.717, 1.165) is 11.3 Å². The van der Waals surface area contributed by atoms with Gasteiger partial charge in [0.1, 0.15) is 0 Å². The molecule has 1 aliphatic rings. The zero-order chi connectivity index (χ0) is 9.26. The first-order valence-electron chi connectivity index (χ1n) is 4.01. The Morgan fingerprint density at radius 1 is 1.38 bits per heavy atom. The summed E-state index contributed by atoms with van der Waals surface area (Å²) in [4.78, 5) is 0. The smallest absolute Gasteiger partial charge is 0.231 e. The van der Waals surface area contributed by atoms with Crippen molar-refractivity contribution in [2.45, 2.75) is 6.10 Å². The standard InChI is InChI=1S/C10H10O3/c1-2-8(11)7-3-4-9-10(5-7)13-6-12-9/h2-5,8,11H,1,6H2. The molecule has 0 radical (unpaired) electrons. The lowest BCUT2D eigenvalue weighted by Gasteiger charge is -2.05. The third-order valence-corrected chi connectivity index (χ3v) is 1.96. The zero-order valence-electron chi connectivity index (χ0n) is 7.06. The van der Waals surface area contributed by atoms with Crippen molar-refractivity contribution in [1.29, 1.82) is 0 Å². The van der Waals surface area contributed by atoms with E-state index in [2.05, 4.69) is 6.58 Å². The number of hydrogen-bond acceptors (Lipinski definition) is 3. The second-order valence-electron chi connectivity index (χ2n) is 2.79. The first-order chi connectivity index (χ1) is 6.31. The Hall–Kier alpha value is -1.48. The average molecular weight is 178 g/mol. The van der Waals surface area contributed by atoms with E-state index in [9.17, 15) is 5.11 Å². The van der Waals surface area contributed by atoms with Crippen molar-refractivity contribution in [3.05, 3.63) is 36.4 Å². The number of aliphatic hydroxyl groups excluding tert-OH is 1. The van der Waals surface area contributed by atoms with Crippen LogP contribution in [-0.4, -0.2) is 11.9 Å². The molecule has 0 aromatic heterocycles. The van der Waals surface area contributed by atoms with Gasteiger partial charge in [-0.15, -0.1) is 6.58 Å². The van der Waals surface area contributed by atoms with Gasteiger partial charge < -0.3 is 14.6 Å². The molecule has 1 N–H and O–H groups in total. The Bertz CT molecular complexity index is 333. The van der Waals surface area contributed by atoms with E-state index in [1.54, 1.807) is 18.2 Å². The molecule has 0 bridgehead atoms. The molecular formula is C10H10O3. The number of benzene rings is 1. The highest BCUT2D eigenvalue weighted by atomic mass is 16.7. The van der Waals surface area contributed by atoms with E-state index in [-0.39, 0.29) is 6.79 Å². The molecule has 68 valence electrons. The Balaban J connectivity index is 2.35. The molecule has 1 aromatic rings. The number of ether oxygens (including phenoxy) is 2. The molecule has 3 nitrogen and oxygen atoms in total. The SMILES string of the molecule is C=CC(O)c1ccc2c(c1)OCO2. The fraction of sp³-hybridized carbons (Fsp3) is 0.200. The van der Waals surface area contributed by atoms with Gasteiger partial charge >= 0.3 is 0 Å². The van der Waals surface area contributed by atoms with Crippen LogP contribution in [0.25, 0.3) is 0 Å². The lowest BCUT2D eigenvalue weighted by atomic mass is 10.1. The summed E-state index contributed by atoms with van der Waals surface area (Å²) in [5.74, 6) is 1.40. The largest absolute Gasteiger partial charge is 0.454 e. The van der Waals surface area contributed by atoms with Crippen LogP contribution in [0.15, 0.2) is 30.9 Å². The van der Waals surface area contributed by atoms with Gasteiger partial charge in [0, 0.05) is 0 Å². The number of hydrogen-bond donors (Lipinski definition) is 1. The van der Waals surface area contributed by atoms with Gasteiger partial charge in [0.15, 0.2) is 11.5 Å². The highest BCUT2D eigenvalue weighted by Crippen LogP contribution is 2.34. The molecule has 0 aliphatic carbocycles. The van der Waals surface area contributed by atoms with Crippen LogP contribution in [0, 0.1) is 0 Å². The summed E-state index contributed by atoms with van der Waals surface area (Å²) in [5.41, 5.74) is 0.763. The third-order valence-electron chi connectivity index (χ3n) is 1.96. The van der Waals surface area contributed by atoms with Crippen molar-refractivity contribution in [3.8, 4) is 11.5 Å². The van der Waals surface area contributed by atoms with Crippen molar-refractivity contribution in [1.82, 2.24) is 0 Å². The van der Waals surface area contributed by atoms with Crippen molar-refractivity contribution < 1.29 is 14.6 Å². The summed E-state index contributed by atoms with van der Waals surface area (Å²) in [5, 5.41) is 9.45. The van der Waals surface area contributed by atoms with Gasteiger partial charge in [-0.2, -0.15) is 0 Å². The van der Waals surface area contributed by atoms with Gasteiger partial charge in [0.05, 0.1) is 6.10 Å². The van der Waals surface area contributed by atoms with E-state index in [4.69, 9.17) is 9.47 Å². The summed E-state index contributed by atoms with van der Waals surface area (Å²) < 4.78 is 10.3. The van der Waals surface area contributed by atoms with Gasteiger partial charge in [0.25, 0.3) is 0 Å². The fourth-order valence-corrected chi connectivity index (χ4v) is 1.23. The predicted octanol–water partition coefficient (Wildman–Crippen LogP) is 1.63. The van der Waals surface area contributed by atoms with E-state index in [1.165, 1.54) is 6.08 Å². The van der Waals surface area contributed by atoms with E-state index >= 15 is 0 Å². The first-order valence-corrected chi connectivity index (χ1v) is 4.01. The second-order valence-corrected chi connectivity index (χ2v) is 2.79. The van der Waals surface area contributed by atoms with Crippen LogP contribution in [0.4, 0.5) is 0 Å². The zero-order valence-corrected chi connectivity index (χ0v) is 7.06. The Labute approximate surface area is 76.2 Å². The van der Waals surface area contributed by atoms with Crippen LogP contribution >= 0.6 is 0 Å². The molecule has 1 aliphatic heterocycles. The molecule has 0 saturated heterocycles. The summed E-state index contributed by atoms with van der Waals surface area (Å²) in [6.45, 7) is 3.76. The molecule has 2 rings (SSSR count). The molecular weight excluding hydrogens is 168 g/mol. The van der Waals surface area contributed by atoms with E-state index in [0.29, 0.717) is 5.75 Å². The minimum Gasteiger partial charge on any atom is -0.454 e. The van der Waals surface area contributed by atoms with Crippen molar-refractivity contribution in [3.63, 3.8) is 0 Å². The van der Waals surface area contributed by atoms with Gasteiger partial charge in [-0.3, -0.25) is 0 Å². The Morgan fingerprint density at radius 2 is 2.15 bits per heavy atom. The van der Waals surface area contributed by atoms with Crippen LogP contribution in [0.3, 0.4) is 0 Å². The van der Waals surface area contributed by atoms with Crippen LogP contribution in [0.1, 0.15) is 11.7 Å². The van der Waals surface area contributed by atoms with Gasteiger partial charge in [0.2, 0.25) is 6.79 Å². The van der Waals surface area contributed by atoms with Crippen molar-refractivity contribution >= 4 is 0 Å². The molecule has 13 heavy (non-hydrogen) atoms. The van der Waals surface area contributed by atoms with Crippen LogP contribution in [0.5, 0.6) is 11.5 Å². The molecule has 1 aromatic carbocycles. The van der Waals surface area contributed by atoms with Crippen LogP contribution < -0.4 is 9.47 Å². The van der Waals surface area contributed by atoms with E-state index in [1.807, 2.05) is 0 Å². The lowest BCUT2D eigenvalue weighted by Crippen LogP contribution is -1.93. The predicted molar refractivity (Wildman–Crippen MR) is 47.7 cm³/mol. The normalized spacial score (nSPS) is 15.5. The van der Waals surface area contributed by atoms with E-state index < -0.39 is 6.10 Å². The second kappa shape index (κ2) is 3.11. The van der Waals surface area contributed by atoms with Crippen LogP contribution in [-0.2, 0) is 0 Å². The minimum atomic E-state index is -0.644. The lowest BCUT2D eigenvalue weighted by molar-refractivity contribution is 0.173. The molecule has 1 unspecified atom stereocenters. The van der Waals surface area contributed by atoms with Gasteiger partial charge in [-0.25, -0.2) is 0 Å². The summed E-state index contributed by atoms with van der Waals surface area (Å²) in [6, 6.07) is 5.33. The third kappa shape index (κ3) is 1.38. The molecule has 1 atom stereocenters. The monoisotopic (exact) mass is 178 g/mol. The molecule has 0 spiro atoms. The maximum Gasteiger partial charge on any atom is 0.231 e. The average Bonchev–Trinajstić information content (AvgIpc) is 2.63.